The van der Waals surface area contributed by atoms with Crippen molar-refractivity contribution in [2.45, 2.75) is 78.1 Å². The SMILES string of the molecule is CCCCCCCCCCC(CC=CC(C)C(N)=O)C(=O)O. The summed E-state index contributed by atoms with van der Waals surface area (Å²) < 4.78 is 0. The molecule has 1 amide bonds. The highest BCUT2D eigenvalue weighted by Gasteiger charge is 2.15. The Kier molecular flexibility index (Phi) is 12.5. The van der Waals surface area contributed by atoms with Crippen molar-refractivity contribution in [3.63, 3.8) is 0 Å². The van der Waals surface area contributed by atoms with E-state index in [0.717, 1.165) is 12.8 Å². The van der Waals surface area contributed by atoms with Crippen LogP contribution in [0, 0.1) is 11.8 Å². The summed E-state index contributed by atoms with van der Waals surface area (Å²) in [6, 6.07) is 0. The van der Waals surface area contributed by atoms with E-state index in [4.69, 9.17) is 5.73 Å². The first-order chi connectivity index (χ1) is 10.5. The van der Waals surface area contributed by atoms with E-state index in [0.29, 0.717) is 12.8 Å². The summed E-state index contributed by atoms with van der Waals surface area (Å²) in [6.45, 7) is 3.93. The van der Waals surface area contributed by atoms with Crippen LogP contribution in [0.3, 0.4) is 0 Å². The number of amides is 1. The van der Waals surface area contributed by atoms with Crippen LogP contribution in [0.4, 0.5) is 0 Å². The molecule has 0 aliphatic heterocycles. The third-order valence-electron chi connectivity index (χ3n) is 4.05. The minimum atomic E-state index is -0.751. The highest BCUT2D eigenvalue weighted by molar-refractivity contribution is 5.78. The topological polar surface area (TPSA) is 80.4 Å². The number of aliphatic carboxylic acids is 1. The quantitative estimate of drug-likeness (QED) is 0.371. The van der Waals surface area contributed by atoms with E-state index in [2.05, 4.69) is 6.92 Å². The average Bonchev–Trinajstić information content (AvgIpc) is 2.47. The van der Waals surface area contributed by atoms with Crippen molar-refractivity contribution < 1.29 is 14.7 Å². The lowest BCUT2D eigenvalue weighted by atomic mass is 9.96. The number of carbonyl (C=O) groups is 2. The molecule has 0 fully saturated rings. The Morgan fingerprint density at radius 2 is 1.59 bits per heavy atom. The Labute approximate surface area is 135 Å². The fourth-order valence-corrected chi connectivity index (χ4v) is 2.41. The van der Waals surface area contributed by atoms with Crippen LogP contribution in [0.25, 0.3) is 0 Å². The molecule has 0 spiro atoms. The number of hydrogen-bond acceptors (Lipinski definition) is 2. The molecule has 2 atom stereocenters. The molecule has 0 aromatic rings. The van der Waals surface area contributed by atoms with Crippen molar-refractivity contribution in [2.24, 2.45) is 17.6 Å². The van der Waals surface area contributed by atoms with Gasteiger partial charge in [0.1, 0.15) is 0 Å². The molecule has 0 radical (unpaired) electrons. The molecule has 4 nitrogen and oxygen atoms in total. The molecule has 0 bridgehead atoms. The fourth-order valence-electron chi connectivity index (χ4n) is 2.41. The van der Waals surface area contributed by atoms with Gasteiger partial charge in [0.25, 0.3) is 0 Å². The summed E-state index contributed by atoms with van der Waals surface area (Å²) >= 11 is 0. The van der Waals surface area contributed by atoms with Gasteiger partial charge in [0.2, 0.25) is 5.91 Å². The standard InChI is InChI=1S/C18H33NO3/c1-3-4-5-6-7-8-9-10-13-16(18(21)22)14-11-12-15(2)17(19)20/h11-12,15-16H,3-10,13-14H2,1-2H3,(H2,19,20)(H,21,22). The van der Waals surface area contributed by atoms with E-state index in [1.54, 1.807) is 19.1 Å². The molecule has 0 rings (SSSR count). The van der Waals surface area contributed by atoms with Gasteiger partial charge in [-0.3, -0.25) is 9.59 Å². The fraction of sp³-hybridized carbons (Fsp3) is 0.778. The van der Waals surface area contributed by atoms with Crippen molar-refractivity contribution in [3.8, 4) is 0 Å². The molecule has 22 heavy (non-hydrogen) atoms. The summed E-state index contributed by atoms with van der Waals surface area (Å²) in [5, 5.41) is 9.22. The highest BCUT2D eigenvalue weighted by Crippen LogP contribution is 2.17. The van der Waals surface area contributed by atoms with Crippen LogP contribution >= 0.6 is 0 Å². The predicted molar refractivity (Wildman–Crippen MR) is 90.5 cm³/mol. The maximum Gasteiger partial charge on any atom is 0.306 e. The molecule has 128 valence electrons. The second kappa shape index (κ2) is 13.4. The number of primary amides is 1. The van der Waals surface area contributed by atoms with Crippen molar-refractivity contribution in [1.82, 2.24) is 0 Å². The average molecular weight is 311 g/mol. The van der Waals surface area contributed by atoms with Crippen molar-refractivity contribution in [3.05, 3.63) is 12.2 Å². The van der Waals surface area contributed by atoms with Crippen LogP contribution in [0.2, 0.25) is 0 Å². The number of carbonyl (C=O) groups excluding carboxylic acids is 1. The third-order valence-corrected chi connectivity index (χ3v) is 4.05. The first kappa shape index (κ1) is 20.7. The van der Waals surface area contributed by atoms with Gasteiger partial charge in [-0.25, -0.2) is 0 Å². The maximum atomic E-state index is 11.2. The number of hydrogen-bond donors (Lipinski definition) is 2. The number of allylic oxidation sites excluding steroid dienone is 1. The number of carboxylic acid groups (broad SMARTS) is 1. The summed E-state index contributed by atoms with van der Waals surface area (Å²) in [4.78, 5) is 22.1. The van der Waals surface area contributed by atoms with Gasteiger partial charge in [0.05, 0.1) is 11.8 Å². The maximum absolute atomic E-state index is 11.2. The van der Waals surface area contributed by atoms with E-state index in [9.17, 15) is 14.7 Å². The second-order valence-electron chi connectivity index (χ2n) is 6.15. The third kappa shape index (κ3) is 11.4. The number of rotatable bonds is 14. The predicted octanol–water partition coefficient (Wildman–Crippen LogP) is 4.29. The molecule has 0 heterocycles. The van der Waals surface area contributed by atoms with Crippen LogP contribution in [-0.2, 0) is 9.59 Å². The summed E-state index contributed by atoms with van der Waals surface area (Å²) in [5.74, 6) is -1.82. The van der Waals surface area contributed by atoms with Crippen LogP contribution in [0.15, 0.2) is 12.2 Å². The summed E-state index contributed by atoms with van der Waals surface area (Å²) in [7, 11) is 0. The Balaban J connectivity index is 3.82. The smallest absolute Gasteiger partial charge is 0.306 e. The first-order valence-corrected chi connectivity index (χ1v) is 8.67. The second-order valence-corrected chi connectivity index (χ2v) is 6.15. The molecule has 0 saturated heterocycles. The Morgan fingerprint density at radius 1 is 1.05 bits per heavy atom. The largest absolute Gasteiger partial charge is 0.481 e. The lowest BCUT2D eigenvalue weighted by Gasteiger charge is -2.10. The van der Waals surface area contributed by atoms with Crippen LogP contribution in [0.5, 0.6) is 0 Å². The van der Waals surface area contributed by atoms with Gasteiger partial charge in [-0.05, 0) is 12.8 Å². The van der Waals surface area contributed by atoms with E-state index in [-0.39, 0.29) is 17.7 Å². The molecule has 0 aliphatic carbocycles. The molecule has 0 aromatic carbocycles. The van der Waals surface area contributed by atoms with Gasteiger partial charge in [0.15, 0.2) is 0 Å². The zero-order valence-corrected chi connectivity index (χ0v) is 14.2. The minimum Gasteiger partial charge on any atom is -0.481 e. The monoisotopic (exact) mass is 311 g/mol. The minimum absolute atomic E-state index is 0.336. The van der Waals surface area contributed by atoms with Gasteiger partial charge >= 0.3 is 5.97 Å². The zero-order valence-electron chi connectivity index (χ0n) is 14.2. The van der Waals surface area contributed by atoms with Crippen molar-refractivity contribution in [2.75, 3.05) is 0 Å². The van der Waals surface area contributed by atoms with E-state index >= 15 is 0 Å². The summed E-state index contributed by atoms with van der Waals surface area (Å²) in [5.41, 5.74) is 5.16. The normalized spacial score (nSPS) is 14.1. The Hall–Kier alpha value is -1.32. The van der Waals surface area contributed by atoms with Gasteiger partial charge in [0, 0.05) is 0 Å². The molecule has 4 heteroatoms. The zero-order chi connectivity index (χ0) is 16.8. The first-order valence-electron chi connectivity index (χ1n) is 8.67. The lowest BCUT2D eigenvalue weighted by Crippen LogP contribution is -2.18. The molecular formula is C18H33NO3. The molecule has 0 saturated carbocycles. The Bertz CT molecular complexity index is 339. The number of carboxylic acids is 1. The van der Waals surface area contributed by atoms with Crippen LogP contribution in [0.1, 0.15) is 78.1 Å². The van der Waals surface area contributed by atoms with Crippen LogP contribution < -0.4 is 5.73 Å². The van der Waals surface area contributed by atoms with Gasteiger partial charge < -0.3 is 10.8 Å². The van der Waals surface area contributed by atoms with Gasteiger partial charge in [-0.1, -0.05) is 77.4 Å². The molecular weight excluding hydrogens is 278 g/mol. The van der Waals surface area contributed by atoms with E-state index < -0.39 is 5.97 Å². The molecule has 0 aromatic heterocycles. The molecule has 3 N–H and O–H groups in total. The molecule has 2 unspecified atom stereocenters. The summed E-state index contributed by atoms with van der Waals surface area (Å²) in [6.07, 6.45) is 14.4. The highest BCUT2D eigenvalue weighted by atomic mass is 16.4. The van der Waals surface area contributed by atoms with Crippen molar-refractivity contribution in [1.29, 1.82) is 0 Å². The van der Waals surface area contributed by atoms with E-state index in [1.165, 1.54) is 38.5 Å². The van der Waals surface area contributed by atoms with Gasteiger partial charge in [-0.2, -0.15) is 0 Å². The van der Waals surface area contributed by atoms with Crippen molar-refractivity contribution >= 4 is 11.9 Å². The van der Waals surface area contributed by atoms with Gasteiger partial charge in [-0.15, -0.1) is 0 Å². The number of nitrogens with two attached hydrogens (primary N) is 1. The Morgan fingerprint density at radius 3 is 2.09 bits per heavy atom. The number of unbranched alkanes of at least 4 members (excludes halogenated alkanes) is 7. The molecule has 0 aliphatic rings. The van der Waals surface area contributed by atoms with E-state index in [1.807, 2.05) is 0 Å². The van der Waals surface area contributed by atoms with Crippen LogP contribution in [-0.4, -0.2) is 17.0 Å². The lowest BCUT2D eigenvalue weighted by molar-refractivity contribution is -0.141.